The van der Waals surface area contributed by atoms with Gasteiger partial charge in [-0.3, -0.25) is 4.98 Å². The van der Waals surface area contributed by atoms with Crippen LogP contribution in [0.1, 0.15) is 16.2 Å². The van der Waals surface area contributed by atoms with Crippen molar-refractivity contribution in [3.05, 3.63) is 35.9 Å². The number of carboxylic acids is 1. The fraction of sp³-hybridized carbons (Fsp3) is 0.100. The fourth-order valence-electron chi connectivity index (χ4n) is 1.34. The summed E-state index contributed by atoms with van der Waals surface area (Å²) >= 11 is 0. The lowest BCUT2D eigenvalue weighted by Gasteiger charge is -2.08. The van der Waals surface area contributed by atoms with Gasteiger partial charge in [-0.25, -0.2) is 4.79 Å². The van der Waals surface area contributed by atoms with Gasteiger partial charge in [0.1, 0.15) is 5.69 Å². The summed E-state index contributed by atoms with van der Waals surface area (Å²) in [5.41, 5.74) is -1.70. The summed E-state index contributed by atoms with van der Waals surface area (Å²) in [6.45, 7) is 0. The van der Waals surface area contributed by atoms with Crippen LogP contribution in [0, 0.1) is 0 Å². The molecule has 94 valence electrons. The average molecular weight is 258 g/mol. The smallest absolute Gasteiger partial charge is 0.434 e. The molecule has 2 aromatic heterocycles. The van der Waals surface area contributed by atoms with Crippen molar-refractivity contribution in [1.29, 1.82) is 0 Å². The van der Waals surface area contributed by atoms with E-state index < -0.39 is 23.6 Å². The highest BCUT2D eigenvalue weighted by atomic mass is 19.4. The predicted molar refractivity (Wildman–Crippen MR) is 51.7 cm³/mol. The van der Waals surface area contributed by atoms with E-state index in [0.29, 0.717) is 0 Å². The van der Waals surface area contributed by atoms with Gasteiger partial charge in [-0.2, -0.15) is 13.2 Å². The summed E-state index contributed by atoms with van der Waals surface area (Å²) < 4.78 is 42.4. The monoisotopic (exact) mass is 258 g/mol. The van der Waals surface area contributed by atoms with E-state index in [0.717, 1.165) is 18.3 Å². The minimum atomic E-state index is -4.65. The molecule has 5 nitrogen and oxygen atoms in total. The molecule has 1 N–H and O–H groups in total. The van der Waals surface area contributed by atoms with E-state index in [1.807, 2.05) is 0 Å². The maximum Gasteiger partial charge on any atom is 0.434 e. The third kappa shape index (κ3) is 2.17. The predicted octanol–water partition coefficient (Wildman–Crippen LogP) is 2.45. The molecule has 2 rings (SSSR count). The number of hydrogen-bond donors (Lipinski definition) is 1. The zero-order chi connectivity index (χ0) is 13.3. The second-order valence-corrected chi connectivity index (χ2v) is 3.28. The third-order valence-electron chi connectivity index (χ3n) is 2.07. The first-order chi connectivity index (χ1) is 8.39. The summed E-state index contributed by atoms with van der Waals surface area (Å²) in [7, 11) is 0. The highest BCUT2D eigenvalue weighted by Crippen LogP contribution is 2.34. The molecule has 0 spiro atoms. The first-order valence-corrected chi connectivity index (χ1v) is 4.62. The molecule has 0 saturated heterocycles. The standard InChI is InChI=1S/C10H5F3N2O3/c11-10(12,13)8-5(2-1-3-14-8)6-4-7(9(16)17)18-15-6/h1-4H,(H,16,17). The molecule has 0 radical (unpaired) electrons. The Morgan fingerprint density at radius 2 is 2.11 bits per heavy atom. The molecule has 0 saturated carbocycles. The summed E-state index contributed by atoms with van der Waals surface area (Å²) in [5, 5.41) is 11.9. The van der Waals surface area contributed by atoms with E-state index in [1.54, 1.807) is 0 Å². The summed E-state index contributed by atoms with van der Waals surface area (Å²) in [6, 6.07) is 3.34. The van der Waals surface area contributed by atoms with Crippen molar-refractivity contribution < 1.29 is 27.6 Å². The molecule has 0 bridgehead atoms. The zero-order valence-corrected chi connectivity index (χ0v) is 8.60. The van der Waals surface area contributed by atoms with Crippen molar-refractivity contribution in [2.75, 3.05) is 0 Å². The number of alkyl halides is 3. The minimum absolute atomic E-state index is 0.229. The van der Waals surface area contributed by atoms with Crippen molar-refractivity contribution in [1.82, 2.24) is 10.1 Å². The van der Waals surface area contributed by atoms with Gasteiger partial charge in [-0.15, -0.1) is 0 Å². The zero-order valence-electron chi connectivity index (χ0n) is 8.60. The van der Waals surface area contributed by atoms with Gasteiger partial charge >= 0.3 is 12.1 Å². The highest BCUT2D eigenvalue weighted by Gasteiger charge is 2.36. The van der Waals surface area contributed by atoms with Crippen LogP contribution in [0.2, 0.25) is 0 Å². The Bertz CT molecular complexity index is 592. The van der Waals surface area contributed by atoms with Gasteiger partial charge in [0.15, 0.2) is 5.69 Å². The van der Waals surface area contributed by atoms with E-state index in [2.05, 4.69) is 14.7 Å². The number of hydrogen-bond acceptors (Lipinski definition) is 4. The van der Waals surface area contributed by atoms with E-state index in [-0.39, 0.29) is 11.3 Å². The number of carbonyl (C=O) groups is 1. The van der Waals surface area contributed by atoms with Crippen LogP contribution in [-0.2, 0) is 6.18 Å². The molecule has 0 aliphatic heterocycles. The Kier molecular flexibility index (Phi) is 2.77. The lowest BCUT2D eigenvalue weighted by Crippen LogP contribution is -2.09. The van der Waals surface area contributed by atoms with Crippen molar-refractivity contribution in [2.45, 2.75) is 6.18 Å². The molecule has 0 atom stereocenters. The van der Waals surface area contributed by atoms with Crippen LogP contribution in [0.5, 0.6) is 0 Å². The Hall–Kier alpha value is -2.38. The number of rotatable bonds is 2. The largest absolute Gasteiger partial charge is 0.475 e. The number of halogens is 3. The maximum atomic E-state index is 12.7. The Morgan fingerprint density at radius 3 is 2.67 bits per heavy atom. The quantitative estimate of drug-likeness (QED) is 0.895. The van der Waals surface area contributed by atoms with E-state index >= 15 is 0 Å². The number of nitrogens with zero attached hydrogens (tertiary/aromatic N) is 2. The number of aromatic carboxylic acids is 1. The number of pyridine rings is 1. The number of aromatic nitrogens is 2. The van der Waals surface area contributed by atoms with Gasteiger partial charge < -0.3 is 9.63 Å². The van der Waals surface area contributed by atoms with Gasteiger partial charge in [-0.1, -0.05) is 5.16 Å². The van der Waals surface area contributed by atoms with Gasteiger partial charge in [0.2, 0.25) is 5.76 Å². The van der Waals surface area contributed by atoms with E-state index in [1.165, 1.54) is 6.07 Å². The van der Waals surface area contributed by atoms with Crippen LogP contribution in [-0.4, -0.2) is 21.2 Å². The molecule has 0 aliphatic rings. The summed E-state index contributed by atoms with van der Waals surface area (Å²) in [6.07, 6.45) is -3.66. The van der Waals surface area contributed by atoms with E-state index in [4.69, 9.17) is 5.11 Å². The Morgan fingerprint density at radius 1 is 1.39 bits per heavy atom. The van der Waals surface area contributed by atoms with Gasteiger partial charge in [-0.05, 0) is 12.1 Å². The maximum absolute atomic E-state index is 12.7. The summed E-state index contributed by atoms with van der Waals surface area (Å²) in [5.74, 6) is -1.95. The van der Waals surface area contributed by atoms with Crippen LogP contribution in [0.4, 0.5) is 13.2 Å². The van der Waals surface area contributed by atoms with Crippen LogP contribution >= 0.6 is 0 Å². The SMILES string of the molecule is O=C(O)c1cc(-c2cccnc2C(F)(F)F)no1. The molecule has 0 unspecified atom stereocenters. The van der Waals surface area contributed by atoms with Crippen LogP contribution in [0.3, 0.4) is 0 Å². The van der Waals surface area contributed by atoms with Crippen LogP contribution < -0.4 is 0 Å². The number of carboxylic acid groups (broad SMARTS) is 1. The minimum Gasteiger partial charge on any atom is -0.475 e. The van der Waals surface area contributed by atoms with Gasteiger partial charge in [0.25, 0.3) is 0 Å². The van der Waals surface area contributed by atoms with Crippen molar-refractivity contribution in [3.8, 4) is 11.3 Å². The van der Waals surface area contributed by atoms with Gasteiger partial charge in [0.05, 0.1) is 0 Å². The lowest BCUT2D eigenvalue weighted by molar-refractivity contribution is -0.140. The molecule has 0 aromatic carbocycles. The van der Waals surface area contributed by atoms with Crippen LogP contribution in [0.15, 0.2) is 28.9 Å². The van der Waals surface area contributed by atoms with Crippen molar-refractivity contribution >= 4 is 5.97 Å². The molecule has 0 fully saturated rings. The third-order valence-corrected chi connectivity index (χ3v) is 2.07. The molecule has 0 amide bonds. The summed E-state index contributed by atoms with van der Waals surface area (Å²) in [4.78, 5) is 13.8. The first kappa shape index (κ1) is 12.1. The average Bonchev–Trinajstić information content (AvgIpc) is 2.77. The Balaban J connectivity index is 2.53. The first-order valence-electron chi connectivity index (χ1n) is 4.62. The second-order valence-electron chi connectivity index (χ2n) is 3.28. The highest BCUT2D eigenvalue weighted by molar-refractivity contribution is 5.85. The topological polar surface area (TPSA) is 76.2 Å². The molecular formula is C10H5F3N2O3. The Labute approximate surface area is 97.9 Å². The lowest BCUT2D eigenvalue weighted by atomic mass is 10.1. The normalized spacial score (nSPS) is 11.5. The molecule has 18 heavy (non-hydrogen) atoms. The van der Waals surface area contributed by atoms with Gasteiger partial charge in [0, 0.05) is 17.8 Å². The second kappa shape index (κ2) is 4.13. The van der Waals surface area contributed by atoms with E-state index in [9.17, 15) is 18.0 Å². The molecular weight excluding hydrogens is 253 g/mol. The molecule has 2 aromatic rings. The van der Waals surface area contributed by atoms with Crippen LogP contribution in [0.25, 0.3) is 11.3 Å². The van der Waals surface area contributed by atoms with Crippen molar-refractivity contribution in [2.24, 2.45) is 0 Å². The molecule has 8 heteroatoms. The molecule has 0 aliphatic carbocycles. The van der Waals surface area contributed by atoms with Crippen molar-refractivity contribution in [3.63, 3.8) is 0 Å². The molecule has 2 heterocycles. The fourth-order valence-corrected chi connectivity index (χ4v) is 1.34.